The third-order valence-electron chi connectivity index (χ3n) is 12.7. The van der Waals surface area contributed by atoms with Crippen LogP contribution in [-0.4, -0.2) is 0 Å². The Bertz CT molecular complexity index is 3300. The molecule has 12 aromatic rings. The van der Waals surface area contributed by atoms with E-state index in [1.165, 1.54) is 63.3 Å². The van der Waals surface area contributed by atoms with E-state index >= 15 is 0 Å². The zero-order valence-electron chi connectivity index (χ0n) is 37.1. The van der Waals surface area contributed by atoms with Crippen LogP contribution >= 0.6 is 22.7 Å². The number of hydrogen-bond donors (Lipinski definition) is 0. The SMILES string of the molecule is c1ccc(N(c2ccc(-c3ccc(-c4cc5ccccc5s4)cc3)cc2)c2ccc(-c3ccc(N(c4ccccc4)c4ccc(-c5ccc(-c6cc7ccccc7s6)cc5)cc4)cc3)cc2)cc1. The Balaban J connectivity index is 0.775. The first-order valence-electron chi connectivity index (χ1n) is 23.0. The van der Waals surface area contributed by atoms with Crippen molar-refractivity contribution in [2.24, 2.45) is 0 Å². The normalized spacial score (nSPS) is 11.2. The highest BCUT2D eigenvalue weighted by atomic mass is 32.1. The molecule has 2 nitrogen and oxygen atoms in total. The zero-order valence-corrected chi connectivity index (χ0v) is 38.7. The number of thiophene rings is 2. The van der Waals surface area contributed by atoms with Crippen molar-refractivity contribution in [2.75, 3.05) is 9.80 Å². The lowest BCUT2D eigenvalue weighted by molar-refractivity contribution is 1.28. The lowest BCUT2D eigenvalue weighted by atomic mass is 10.0. The Morgan fingerprint density at radius 3 is 0.735 bits per heavy atom. The number of fused-ring (bicyclic) bond motifs is 2. The molecule has 0 amide bonds. The molecule has 0 unspecified atom stereocenters. The summed E-state index contributed by atoms with van der Waals surface area (Å²) in [6.07, 6.45) is 0. The van der Waals surface area contributed by atoms with Gasteiger partial charge in [-0.05, 0) is 152 Å². The van der Waals surface area contributed by atoms with Crippen molar-refractivity contribution in [3.05, 3.63) is 267 Å². The van der Waals surface area contributed by atoms with Crippen molar-refractivity contribution in [3.8, 4) is 54.3 Å². The molecule has 0 aliphatic rings. The molecule has 0 radical (unpaired) electrons. The van der Waals surface area contributed by atoms with Gasteiger partial charge in [0.15, 0.2) is 0 Å². The molecule has 0 spiro atoms. The Hall–Kier alpha value is -8.28. The summed E-state index contributed by atoms with van der Waals surface area (Å²) in [5, 5.41) is 2.59. The summed E-state index contributed by atoms with van der Waals surface area (Å²) in [5.74, 6) is 0. The fraction of sp³-hybridized carbons (Fsp3) is 0. The molecular weight excluding hydrogens is 861 g/mol. The Morgan fingerprint density at radius 1 is 0.206 bits per heavy atom. The minimum absolute atomic E-state index is 1.10. The first-order chi connectivity index (χ1) is 33.7. The number of anilines is 6. The molecule has 0 saturated heterocycles. The topological polar surface area (TPSA) is 6.48 Å². The van der Waals surface area contributed by atoms with Gasteiger partial charge >= 0.3 is 0 Å². The van der Waals surface area contributed by atoms with Crippen LogP contribution in [0, 0.1) is 0 Å². The molecule has 0 saturated carbocycles. The molecule has 0 aliphatic carbocycles. The van der Waals surface area contributed by atoms with Gasteiger partial charge in [0, 0.05) is 53.3 Å². The Kier molecular flexibility index (Phi) is 11.0. The minimum Gasteiger partial charge on any atom is -0.311 e. The van der Waals surface area contributed by atoms with Crippen LogP contribution in [0.5, 0.6) is 0 Å². The number of nitrogens with zero attached hydrogens (tertiary/aromatic N) is 2. The van der Waals surface area contributed by atoms with Gasteiger partial charge in [-0.1, -0.05) is 170 Å². The highest BCUT2D eigenvalue weighted by molar-refractivity contribution is 7.22. The maximum Gasteiger partial charge on any atom is 0.0462 e. The van der Waals surface area contributed by atoms with E-state index in [-0.39, 0.29) is 0 Å². The summed E-state index contributed by atoms with van der Waals surface area (Å²) in [5.41, 5.74) is 16.2. The van der Waals surface area contributed by atoms with E-state index in [0.717, 1.165) is 45.3 Å². The van der Waals surface area contributed by atoms with Gasteiger partial charge in [-0.3, -0.25) is 0 Å². The quantitative estimate of drug-likeness (QED) is 0.128. The molecule has 322 valence electrons. The van der Waals surface area contributed by atoms with E-state index in [9.17, 15) is 0 Å². The Labute approximate surface area is 405 Å². The summed E-state index contributed by atoms with van der Waals surface area (Å²) in [6.45, 7) is 0. The van der Waals surface area contributed by atoms with E-state index in [1.54, 1.807) is 0 Å². The number of rotatable bonds is 11. The van der Waals surface area contributed by atoms with Crippen LogP contribution in [0.4, 0.5) is 34.1 Å². The van der Waals surface area contributed by atoms with Crippen molar-refractivity contribution < 1.29 is 0 Å². The first-order valence-corrected chi connectivity index (χ1v) is 24.6. The van der Waals surface area contributed by atoms with Crippen molar-refractivity contribution in [1.29, 1.82) is 0 Å². The van der Waals surface area contributed by atoms with Gasteiger partial charge in [-0.25, -0.2) is 0 Å². The molecule has 4 heteroatoms. The molecule has 0 N–H and O–H groups in total. The van der Waals surface area contributed by atoms with Crippen LogP contribution in [-0.2, 0) is 0 Å². The van der Waals surface area contributed by atoms with Crippen LogP contribution in [0.15, 0.2) is 267 Å². The Morgan fingerprint density at radius 2 is 0.441 bits per heavy atom. The van der Waals surface area contributed by atoms with Crippen molar-refractivity contribution in [2.45, 2.75) is 0 Å². The van der Waals surface area contributed by atoms with Gasteiger partial charge in [-0.2, -0.15) is 0 Å². The van der Waals surface area contributed by atoms with Crippen LogP contribution in [0.1, 0.15) is 0 Å². The van der Waals surface area contributed by atoms with Gasteiger partial charge < -0.3 is 9.80 Å². The molecule has 0 aliphatic heterocycles. The summed E-state index contributed by atoms with van der Waals surface area (Å²) < 4.78 is 2.64. The van der Waals surface area contributed by atoms with Crippen molar-refractivity contribution >= 4 is 77.0 Å². The van der Waals surface area contributed by atoms with Crippen molar-refractivity contribution in [3.63, 3.8) is 0 Å². The van der Waals surface area contributed by atoms with E-state index in [0.29, 0.717) is 0 Å². The fourth-order valence-corrected chi connectivity index (χ4v) is 11.3. The molecule has 2 aromatic heterocycles. The molecule has 0 atom stereocenters. The lowest BCUT2D eigenvalue weighted by Crippen LogP contribution is -2.10. The maximum absolute atomic E-state index is 2.33. The van der Waals surface area contributed by atoms with Crippen LogP contribution < -0.4 is 9.80 Å². The summed E-state index contributed by atoms with van der Waals surface area (Å²) in [6, 6.07) is 96.6. The van der Waals surface area contributed by atoms with Gasteiger partial charge in [0.2, 0.25) is 0 Å². The monoisotopic (exact) mass is 904 g/mol. The standard InChI is InChI=1S/C64H44N2S2/c1-3-13-55(14-4-1)65(57-35-27-47(28-36-57)45-19-23-51(24-20-45)63-43-53-11-7-9-17-61(53)67-63)59-39-31-49(32-40-59)50-33-41-60(42-34-50)66(56-15-5-2-6-16-56)58-37-29-48(30-38-58)46-21-25-52(26-22-46)64-44-54-12-8-10-18-62(54)68-64/h1-44H. The number of benzene rings is 10. The third kappa shape index (κ3) is 8.28. The van der Waals surface area contributed by atoms with Crippen LogP contribution in [0.2, 0.25) is 0 Å². The van der Waals surface area contributed by atoms with E-state index in [1.807, 2.05) is 22.7 Å². The lowest BCUT2D eigenvalue weighted by Gasteiger charge is -2.26. The first kappa shape index (κ1) is 41.2. The third-order valence-corrected chi connectivity index (χ3v) is 15.1. The minimum atomic E-state index is 1.10. The predicted octanol–water partition coefficient (Wildman–Crippen LogP) is 19.4. The fourth-order valence-electron chi connectivity index (χ4n) is 9.16. The van der Waals surface area contributed by atoms with Crippen molar-refractivity contribution in [1.82, 2.24) is 0 Å². The highest BCUT2D eigenvalue weighted by Crippen LogP contribution is 2.41. The average Bonchev–Trinajstić information content (AvgIpc) is 4.06. The smallest absolute Gasteiger partial charge is 0.0462 e. The van der Waals surface area contributed by atoms with E-state index in [4.69, 9.17) is 0 Å². The van der Waals surface area contributed by atoms with E-state index in [2.05, 4.69) is 277 Å². The van der Waals surface area contributed by atoms with Gasteiger partial charge in [0.1, 0.15) is 0 Å². The summed E-state index contributed by atoms with van der Waals surface area (Å²) in [7, 11) is 0. The summed E-state index contributed by atoms with van der Waals surface area (Å²) in [4.78, 5) is 7.24. The largest absolute Gasteiger partial charge is 0.311 e. The second-order valence-corrected chi connectivity index (χ2v) is 19.1. The van der Waals surface area contributed by atoms with Gasteiger partial charge in [0.25, 0.3) is 0 Å². The number of hydrogen-bond acceptors (Lipinski definition) is 4. The number of para-hydroxylation sites is 2. The zero-order chi connectivity index (χ0) is 45.2. The maximum atomic E-state index is 2.33. The molecule has 10 aromatic carbocycles. The van der Waals surface area contributed by atoms with Crippen LogP contribution in [0.3, 0.4) is 0 Å². The highest BCUT2D eigenvalue weighted by Gasteiger charge is 2.16. The predicted molar refractivity (Wildman–Crippen MR) is 294 cm³/mol. The summed E-state index contributed by atoms with van der Waals surface area (Å²) >= 11 is 3.69. The second kappa shape index (κ2) is 18.2. The average molecular weight is 905 g/mol. The van der Waals surface area contributed by atoms with Gasteiger partial charge in [-0.15, -0.1) is 22.7 Å². The molecule has 2 heterocycles. The second-order valence-electron chi connectivity index (χ2n) is 17.0. The molecule has 12 rings (SSSR count). The molecule has 0 fully saturated rings. The van der Waals surface area contributed by atoms with Gasteiger partial charge in [0.05, 0.1) is 0 Å². The van der Waals surface area contributed by atoms with Crippen LogP contribution in [0.25, 0.3) is 74.4 Å². The molecular formula is C64H44N2S2. The molecule has 0 bridgehead atoms. The van der Waals surface area contributed by atoms with E-state index < -0.39 is 0 Å². The molecule has 68 heavy (non-hydrogen) atoms.